The van der Waals surface area contributed by atoms with Crippen LogP contribution in [0.3, 0.4) is 0 Å². The molecule has 0 radical (unpaired) electrons. The molecule has 2 aromatic rings. The van der Waals surface area contributed by atoms with Gasteiger partial charge in [-0.2, -0.15) is 18.3 Å². The summed E-state index contributed by atoms with van der Waals surface area (Å²) >= 11 is 0. The van der Waals surface area contributed by atoms with Crippen molar-refractivity contribution in [1.29, 1.82) is 0 Å². The number of alkyl halides is 3. The summed E-state index contributed by atoms with van der Waals surface area (Å²) in [6.07, 6.45) is -2.13. The normalized spacial score (nSPS) is 19.3. The summed E-state index contributed by atoms with van der Waals surface area (Å²) in [5.41, 5.74) is 2.36. The summed E-state index contributed by atoms with van der Waals surface area (Å²) < 4.78 is 46.0. The number of aryl methyl sites for hydroxylation is 1. The number of amides is 1. The average molecular weight is 466 g/mol. The van der Waals surface area contributed by atoms with Gasteiger partial charge in [-0.3, -0.25) is 14.4 Å². The number of nitrogens with one attached hydrogen (secondary N) is 2. The van der Waals surface area contributed by atoms with Crippen molar-refractivity contribution in [3.8, 4) is 0 Å². The van der Waals surface area contributed by atoms with Gasteiger partial charge in [0.2, 0.25) is 0 Å². The lowest BCUT2D eigenvalue weighted by Gasteiger charge is -2.26. The van der Waals surface area contributed by atoms with Crippen molar-refractivity contribution in [1.82, 2.24) is 25.3 Å². The van der Waals surface area contributed by atoms with Gasteiger partial charge in [0.1, 0.15) is 0 Å². The zero-order chi connectivity index (χ0) is 23.4. The van der Waals surface area contributed by atoms with Crippen molar-refractivity contribution in [2.45, 2.75) is 38.0 Å². The fraction of sp³-hybridized carbons (Fsp3) is 0.565. The molecule has 33 heavy (non-hydrogen) atoms. The Hall–Kier alpha value is -2.43. The maximum absolute atomic E-state index is 13.0. The number of rotatable bonds is 7. The number of aromatic nitrogens is 2. The van der Waals surface area contributed by atoms with E-state index < -0.39 is 11.7 Å². The molecule has 1 atom stereocenters. The van der Waals surface area contributed by atoms with Crippen LogP contribution >= 0.6 is 0 Å². The second-order valence-corrected chi connectivity index (χ2v) is 8.63. The van der Waals surface area contributed by atoms with E-state index in [9.17, 15) is 18.0 Å². The highest BCUT2D eigenvalue weighted by Crippen LogP contribution is 2.30. The summed E-state index contributed by atoms with van der Waals surface area (Å²) in [5, 5.41) is 10.8. The van der Waals surface area contributed by atoms with Gasteiger partial charge in [-0.15, -0.1) is 0 Å². The van der Waals surface area contributed by atoms with Crippen molar-refractivity contribution in [2.24, 2.45) is 7.05 Å². The average Bonchev–Trinajstić information content (AvgIpc) is 3.14. The van der Waals surface area contributed by atoms with Gasteiger partial charge in [0.15, 0.2) is 5.69 Å². The van der Waals surface area contributed by atoms with Gasteiger partial charge >= 0.3 is 6.18 Å². The van der Waals surface area contributed by atoms with E-state index in [2.05, 4.69) is 20.6 Å². The zero-order valence-electron chi connectivity index (χ0n) is 18.7. The maximum Gasteiger partial charge on any atom is 0.416 e. The highest BCUT2D eigenvalue weighted by molar-refractivity contribution is 5.94. The van der Waals surface area contributed by atoms with Crippen molar-refractivity contribution in [3.05, 3.63) is 52.3 Å². The molecule has 4 rings (SSSR count). The minimum Gasteiger partial charge on any atom is -0.379 e. The molecule has 2 aliphatic rings. The van der Waals surface area contributed by atoms with E-state index in [4.69, 9.17) is 4.74 Å². The topological polar surface area (TPSA) is 71.4 Å². The van der Waals surface area contributed by atoms with E-state index in [0.717, 1.165) is 63.0 Å². The van der Waals surface area contributed by atoms with E-state index in [1.165, 1.54) is 12.1 Å². The lowest BCUT2D eigenvalue weighted by atomic mass is 9.91. The molecule has 1 fully saturated rings. The molecule has 1 aliphatic heterocycles. The van der Waals surface area contributed by atoms with Gasteiger partial charge in [-0.05, 0) is 30.9 Å². The van der Waals surface area contributed by atoms with E-state index >= 15 is 0 Å². The highest BCUT2D eigenvalue weighted by atomic mass is 19.4. The number of carbonyl (C=O) groups is 1. The summed E-state index contributed by atoms with van der Waals surface area (Å²) in [6.45, 7) is 4.83. The third-order valence-corrected chi connectivity index (χ3v) is 6.34. The van der Waals surface area contributed by atoms with Gasteiger partial charge in [-0.25, -0.2) is 0 Å². The predicted molar refractivity (Wildman–Crippen MR) is 117 cm³/mol. The van der Waals surface area contributed by atoms with Crippen LogP contribution in [0.4, 0.5) is 13.2 Å². The lowest BCUT2D eigenvalue weighted by Crippen LogP contribution is -2.41. The van der Waals surface area contributed by atoms with Crippen LogP contribution in [0, 0.1) is 0 Å². The van der Waals surface area contributed by atoms with Gasteiger partial charge in [-0.1, -0.05) is 18.2 Å². The quantitative estimate of drug-likeness (QED) is 0.656. The Bertz CT molecular complexity index is 969. The number of halogens is 3. The maximum atomic E-state index is 13.0. The first kappa shape index (κ1) is 23.7. The van der Waals surface area contributed by atoms with E-state index in [1.54, 1.807) is 10.7 Å². The number of hydrogen-bond acceptors (Lipinski definition) is 5. The molecule has 7 nitrogen and oxygen atoms in total. The number of hydrogen-bond donors (Lipinski definition) is 2. The number of nitrogens with zero attached hydrogens (tertiary/aromatic N) is 3. The highest BCUT2D eigenvalue weighted by Gasteiger charge is 2.31. The Morgan fingerprint density at radius 1 is 1.27 bits per heavy atom. The van der Waals surface area contributed by atoms with Crippen molar-refractivity contribution in [3.63, 3.8) is 0 Å². The molecular formula is C23H30F3N5O2. The predicted octanol–water partition coefficient (Wildman–Crippen LogP) is 2.15. The Labute approximate surface area is 191 Å². The van der Waals surface area contributed by atoms with Crippen LogP contribution in [0.25, 0.3) is 0 Å². The Balaban J connectivity index is 1.34. The Kier molecular flexibility index (Phi) is 7.35. The molecule has 0 unspecified atom stereocenters. The second-order valence-electron chi connectivity index (χ2n) is 8.63. The molecule has 2 N–H and O–H groups in total. The van der Waals surface area contributed by atoms with Crippen LogP contribution in [0.2, 0.25) is 0 Å². The molecular weight excluding hydrogens is 435 g/mol. The number of carbonyl (C=O) groups excluding carboxylic acids is 1. The lowest BCUT2D eigenvalue weighted by molar-refractivity contribution is -0.137. The van der Waals surface area contributed by atoms with Crippen LogP contribution < -0.4 is 10.6 Å². The molecule has 0 bridgehead atoms. The smallest absolute Gasteiger partial charge is 0.379 e. The third kappa shape index (κ3) is 5.93. The van der Waals surface area contributed by atoms with E-state index in [1.807, 2.05) is 7.05 Å². The van der Waals surface area contributed by atoms with E-state index in [0.29, 0.717) is 30.8 Å². The molecule has 1 aliphatic carbocycles. The number of benzene rings is 1. The largest absolute Gasteiger partial charge is 0.416 e. The van der Waals surface area contributed by atoms with Crippen LogP contribution in [0.15, 0.2) is 24.3 Å². The van der Waals surface area contributed by atoms with Crippen molar-refractivity contribution < 1.29 is 22.7 Å². The molecule has 2 heterocycles. The number of fused-ring (bicyclic) bond motifs is 1. The molecule has 0 spiro atoms. The summed E-state index contributed by atoms with van der Waals surface area (Å²) in [4.78, 5) is 15.1. The van der Waals surface area contributed by atoms with Crippen LogP contribution in [-0.2, 0) is 37.3 Å². The van der Waals surface area contributed by atoms with Gasteiger partial charge in [0, 0.05) is 57.1 Å². The van der Waals surface area contributed by atoms with E-state index in [-0.39, 0.29) is 11.9 Å². The van der Waals surface area contributed by atoms with Crippen LogP contribution in [-0.4, -0.2) is 66.0 Å². The standard InChI is InChI=1S/C23H30F3N5O2/c1-30-20-6-5-18(28-15-16-3-2-4-17(13-16)23(24,25)26)14-19(20)21(29-30)22(32)27-7-8-31-9-11-33-12-10-31/h2-4,13,18,28H,5-12,14-15H2,1H3,(H,27,32)/t18-/m0/s1. The SMILES string of the molecule is Cn1nc(C(=O)NCCN2CCOCC2)c2c1CC[C@H](NCc1cccc(C(F)(F)F)c1)C2. The number of ether oxygens (including phenoxy) is 1. The fourth-order valence-corrected chi connectivity index (χ4v) is 4.50. The summed E-state index contributed by atoms with van der Waals surface area (Å²) in [6, 6.07) is 5.44. The van der Waals surface area contributed by atoms with Crippen molar-refractivity contribution in [2.75, 3.05) is 39.4 Å². The molecule has 0 saturated carbocycles. The molecule has 180 valence electrons. The first-order valence-electron chi connectivity index (χ1n) is 11.3. The molecule has 1 aromatic carbocycles. The van der Waals surface area contributed by atoms with Crippen molar-refractivity contribution >= 4 is 5.91 Å². The monoisotopic (exact) mass is 465 g/mol. The third-order valence-electron chi connectivity index (χ3n) is 6.34. The summed E-state index contributed by atoms with van der Waals surface area (Å²) in [5.74, 6) is -0.182. The minimum absolute atomic E-state index is 0.0659. The first-order chi connectivity index (χ1) is 15.8. The van der Waals surface area contributed by atoms with Gasteiger partial charge < -0.3 is 15.4 Å². The minimum atomic E-state index is -4.35. The zero-order valence-corrected chi connectivity index (χ0v) is 18.7. The molecule has 1 aromatic heterocycles. The first-order valence-corrected chi connectivity index (χ1v) is 11.3. The van der Waals surface area contributed by atoms with Crippen LogP contribution in [0.1, 0.15) is 39.3 Å². The summed E-state index contributed by atoms with van der Waals surface area (Å²) in [7, 11) is 1.85. The Morgan fingerprint density at radius 2 is 2.06 bits per heavy atom. The molecule has 1 saturated heterocycles. The Morgan fingerprint density at radius 3 is 2.82 bits per heavy atom. The fourth-order valence-electron chi connectivity index (χ4n) is 4.50. The van der Waals surface area contributed by atoms with Gasteiger partial charge in [0.05, 0.1) is 18.8 Å². The van der Waals surface area contributed by atoms with Crippen LogP contribution in [0.5, 0.6) is 0 Å². The second kappa shape index (κ2) is 10.2. The molecule has 1 amide bonds. The van der Waals surface area contributed by atoms with Gasteiger partial charge in [0.25, 0.3) is 5.91 Å². The molecule has 10 heteroatoms. The number of morpholine rings is 1.